The van der Waals surface area contributed by atoms with Crippen LogP contribution in [0.5, 0.6) is 0 Å². The van der Waals surface area contributed by atoms with E-state index in [9.17, 15) is 9.59 Å². The fraction of sp³-hybridized carbons (Fsp3) is 0.600. The van der Waals surface area contributed by atoms with Crippen LogP contribution in [0.15, 0.2) is 24.3 Å². The molecule has 0 aromatic heterocycles. The largest absolute Gasteiger partial charge is 0.338 e. The third kappa shape index (κ3) is 5.83. The van der Waals surface area contributed by atoms with Crippen molar-refractivity contribution in [2.24, 2.45) is 0 Å². The minimum atomic E-state index is -0.189. The van der Waals surface area contributed by atoms with Gasteiger partial charge in [0.25, 0.3) is 0 Å². The first-order valence-corrected chi connectivity index (χ1v) is 10.7. The summed E-state index contributed by atoms with van der Waals surface area (Å²) in [6.45, 7) is 10.7. The SMILES string of the molecule is CC[NH+]1CC[NH+](CCCNC(=O)N[C@@H]2CC(=O)N(c3ccc(Cl)cc3)C2)CC1. The van der Waals surface area contributed by atoms with E-state index in [2.05, 4.69) is 17.6 Å². The molecule has 0 spiro atoms. The quantitative estimate of drug-likeness (QED) is 0.433. The average molecular weight is 410 g/mol. The summed E-state index contributed by atoms with van der Waals surface area (Å²) < 4.78 is 0. The van der Waals surface area contributed by atoms with Crippen molar-refractivity contribution in [2.45, 2.75) is 25.8 Å². The molecule has 4 N–H and O–H groups in total. The van der Waals surface area contributed by atoms with E-state index in [-0.39, 0.29) is 18.0 Å². The minimum Gasteiger partial charge on any atom is -0.338 e. The van der Waals surface area contributed by atoms with E-state index in [1.807, 2.05) is 12.1 Å². The molecule has 0 radical (unpaired) electrons. The topological polar surface area (TPSA) is 70.3 Å². The molecular formula is C20H32ClN5O2+2. The number of likely N-dealkylation sites (N-methyl/N-ethyl adjacent to an activating group) is 1. The van der Waals surface area contributed by atoms with Crippen LogP contribution in [0, 0.1) is 0 Å². The van der Waals surface area contributed by atoms with Crippen molar-refractivity contribution < 1.29 is 19.4 Å². The van der Waals surface area contributed by atoms with Gasteiger partial charge in [-0.2, -0.15) is 0 Å². The number of nitrogens with zero attached hydrogens (tertiary/aromatic N) is 1. The number of carbonyl (C=O) groups excluding carboxylic acids is 2. The minimum absolute atomic E-state index is 0.0181. The Hall–Kier alpha value is -1.83. The van der Waals surface area contributed by atoms with E-state index in [0.717, 1.165) is 18.7 Å². The monoisotopic (exact) mass is 409 g/mol. The third-order valence-electron chi connectivity index (χ3n) is 5.76. The number of benzene rings is 1. The van der Waals surface area contributed by atoms with Gasteiger partial charge in [0, 0.05) is 36.6 Å². The second-order valence-electron chi connectivity index (χ2n) is 7.74. The van der Waals surface area contributed by atoms with E-state index in [1.54, 1.807) is 26.8 Å². The highest BCUT2D eigenvalue weighted by Gasteiger charge is 2.31. The van der Waals surface area contributed by atoms with E-state index in [1.165, 1.54) is 32.7 Å². The summed E-state index contributed by atoms with van der Waals surface area (Å²) >= 11 is 5.90. The first kappa shape index (κ1) is 20.9. The molecule has 2 saturated heterocycles. The summed E-state index contributed by atoms with van der Waals surface area (Å²) in [5.41, 5.74) is 0.812. The van der Waals surface area contributed by atoms with Gasteiger partial charge in [-0.05, 0) is 31.2 Å². The number of anilines is 1. The molecule has 2 aliphatic heterocycles. The Labute approximate surface area is 172 Å². The number of hydrogen-bond donors (Lipinski definition) is 4. The van der Waals surface area contributed by atoms with Crippen LogP contribution >= 0.6 is 11.6 Å². The van der Waals surface area contributed by atoms with Crippen LogP contribution in [0.1, 0.15) is 19.8 Å². The molecule has 1 atom stereocenters. The summed E-state index contributed by atoms with van der Waals surface area (Å²) in [6.07, 6.45) is 1.30. The number of carbonyl (C=O) groups is 2. The van der Waals surface area contributed by atoms with Gasteiger partial charge in [0.2, 0.25) is 5.91 Å². The lowest BCUT2D eigenvalue weighted by atomic mass is 10.2. The maximum atomic E-state index is 12.2. The van der Waals surface area contributed by atoms with Gasteiger partial charge in [0.05, 0.1) is 19.1 Å². The summed E-state index contributed by atoms with van der Waals surface area (Å²) in [5.74, 6) is 0.0181. The van der Waals surface area contributed by atoms with Gasteiger partial charge in [0.1, 0.15) is 26.2 Å². The van der Waals surface area contributed by atoms with E-state index in [4.69, 9.17) is 11.6 Å². The smallest absolute Gasteiger partial charge is 0.315 e. The molecule has 154 valence electrons. The molecule has 8 heteroatoms. The third-order valence-corrected chi connectivity index (χ3v) is 6.01. The Bertz CT molecular complexity index is 661. The molecule has 2 heterocycles. The molecule has 7 nitrogen and oxygen atoms in total. The summed E-state index contributed by atoms with van der Waals surface area (Å²) in [7, 11) is 0. The van der Waals surface area contributed by atoms with Gasteiger partial charge in [-0.15, -0.1) is 0 Å². The fourth-order valence-electron chi connectivity index (χ4n) is 4.01. The zero-order valence-electron chi connectivity index (χ0n) is 16.6. The van der Waals surface area contributed by atoms with Gasteiger partial charge >= 0.3 is 6.03 Å². The van der Waals surface area contributed by atoms with Gasteiger partial charge in [-0.1, -0.05) is 11.6 Å². The molecule has 0 saturated carbocycles. The lowest BCUT2D eigenvalue weighted by molar-refractivity contribution is -1.01. The van der Waals surface area contributed by atoms with Crippen LogP contribution < -0.4 is 25.3 Å². The Morgan fingerprint density at radius 2 is 1.86 bits per heavy atom. The number of amides is 3. The standard InChI is InChI=1S/C20H30ClN5O2/c1-2-24-10-12-25(13-11-24)9-3-8-22-20(28)23-17-14-19(27)26(15-17)18-6-4-16(21)5-7-18/h4-7,17H,2-3,8-15H2,1H3,(H2,22,23,28)/p+2/t17-/m1/s1. The van der Waals surface area contributed by atoms with Crippen LogP contribution in [0.25, 0.3) is 0 Å². The van der Waals surface area contributed by atoms with Crippen LogP contribution in [0.2, 0.25) is 5.02 Å². The fourth-order valence-corrected chi connectivity index (χ4v) is 4.14. The Balaban J connectivity index is 1.33. The molecule has 3 rings (SSSR count). The van der Waals surface area contributed by atoms with Gasteiger partial charge in [0.15, 0.2) is 0 Å². The van der Waals surface area contributed by atoms with Crippen LogP contribution in [0.4, 0.5) is 10.5 Å². The van der Waals surface area contributed by atoms with Crippen molar-refractivity contribution in [3.05, 3.63) is 29.3 Å². The number of rotatable bonds is 7. The number of halogens is 1. The maximum Gasteiger partial charge on any atom is 0.315 e. The number of piperazine rings is 1. The predicted molar refractivity (Wildman–Crippen MR) is 110 cm³/mol. The molecule has 3 amide bonds. The average Bonchev–Trinajstić information content (AvgIpc) is 3.06. The predicted octanol–water partition coefficient (Wildman–Crippen LogP) is -1.06. The molecule has 0 aliphatic carbocycles. The van der Waals surface area contributed by atoms with E-state index < -0.39 is 0 Å². The Morgan fingerprint density at radius 1 is 1.18 bits per heavy atom. The van der Waals surface area contributed by atoms with Crippen molar-refractivity contribution >= 4 is 29.2 Å². The Morgan fingerprint density at radius 3 is 2.54 bits per heavy atom. The Kier molecular flexibility index (Phi) is 7.53. The zero-order chi connectivity index (χ0) is 19.9. The summed E-state index contributed by atoms with van der Waals surface area (Å²) in [6, 6.07) is 6.83. The van der Waals surface area contributed by atoms with Crippen molar-refractivity contribution in [1.82, 2.24) is 10.6 Å². The maximum absolute atomic E-state index is 12.2. The summed E-state index contributed by atoms with van der Waals surface area (Å²) in [5, 5.41) is 6.49. The second kappa shape index (κ2) is 10.1. The van der Waals surface area contributed by atoms with E-state index in [0.29, 0.717) is 24.5 Å². The van der Waals surface area contributed by atoms with Gasteiger partial charge in [-0.25, -0.2) is 4.79 Å². The van der Waals surface area contributed by atoms with Crippen LogP contribution in [-0.4, -0.2) is 70.3 Å². The van der Waals surface area contributed by atoms with Crippen molar-refractivity contribution in [3.63, 3.8) is 0 Å². The van der Waals surface area contributed by atoms with Crippen molar-refractivity contribution in [3.8, 4) is 0 Å². The van der Waals surface area contributed by atoms with Gasteiger partial charge < -0.3 is 25.3 Å². The van der Waals surface area contributed by atoms with Crippen molar-refractivity contribution in [1.29, 1.82) is 0 Å². The highest BCUT2D eigenvalue weighted by Crippen LogP contribution is 2.23. The highest BCUT2D eigenvalue weighted by molar-refractivity contribution is 6.30. The lowest BCUT2D eigenvalue weighted by Gasteiger charge is -2.29. The number of hydrogen-bond acceptors (Lipinski definition) is 2. The first-order valence-electron chi connectivity index (χ1n) is 10.3. The second-order valence-corrected chi connectivity index (χ2v) is 8.18. The molecule has 1 aromatic rings. The molecule has 2 fully saturated rings. The highest BCUT2D eigenvalue weighted by atomic mass is 35.5. The molecule has 0 bridgehead atoms. The molecular weight excluding hydrogens is 378 g/mol. The number of urea groups is 1. The van der Waals surface area contributed by atoms with Crippen LogP contribution in [0.3, 0.4) is 0 Å². The normalized spacial score (nSPS) is 25.0. The first-order chi connectivity index (χ1) is 13.5. The van der Waals surface area contributed by atoms with Crippen molar-refractivity contribution in [2.75, 3.05) is 57.3 Å². The molecule has 2 aliphatic rings. The molecule has 0 unspecified atom stereocenters. The van der Waals surface area contributed by atoms with E-state index >= 15 is 0 Å². The molecule has 1 aromatic carbocycles. The summed E-state index contributed by atoms with van der Waals surface area (Å²) in [4.78, 5) is 29.4. The van der Waals surface area contributed by atoms with Gasteiger partial charge in [-0.3, -0.25) is 4.79 Å². The van der Waals surface area contributed by atoms with Crippen LogP contribution in [-0.2, 0) is 4.79 Å². The number of nitrogens with one attached hydrogen (secondary N) is 4. The molecule has 28 heavy (non-hydrogen) atoms. The lowest BCUT2D eigenvalue weighted by Crippen LogP contribution is -3.28. The number of quaternary nitrogens is 2. The zero-order valence-corrected chi connectivity index (χ0v) is 17.4.